The Balaban J connectivity index is 1.10. The fourth-order valence-corrected chi connectivity index (χ4v) is 7.13. The van der Waals surface area contributed by atoms with Crippen LogP contribution >= 0.6 is 0 Å². The summed E-state index contributed by atoms with van der Waals surface area (Å²) in [5.41, 5.74) is 0.0562. The third-order valence-electron chi connectivity index (χ3n) is 7.90. The van der Waals surface area contributed by atoms with Gasteiger partial charge in [0.05, 0.1) is 12.1 Å². The lowest BCUT2D eigenvalue weighted by Crippen LogP contribution is -2.57. The van der Waals surface area contributed by atoms with Gasteiger partial charge in [-0.3, -0.25) is 14.5 Å². The number of aliphatic hydroxyl groups is 1. The summed E-state index contributed by atoms with van der Waals surface area (Å²) in [5, 5.41) is 13.7. The molecule has 4 aliphatic carbocycles. The van der Waals surface area contributed by atoms with Crippen LogP contribution in [0, 0.1) is 23.1 Å². The molecule has 0 spiro atoms. The Morgan fingerprint density at radius 2 is 1.68 bits per heavy atom. The molecular weight excluding hydrogens is 397 g/mol. The molecular formula is C24H32FN3O3. The average Bonchev–Trinajstić information content (AvgIpc) is 2.68. The van der Waals surface area contributed by atoms with Gasteiger partial charge in [0.25, 0.3) is 0 Å². The number of carbonyl (C=O) groups excluding carboxylic acids is 2. The van der Waals surface area contributed by atoms with E-state index in [2.05, 4.69) is 10.2 Å². The molecule has 0 radical (unpaired) electrons. The Bertz CT molecular complexity index is 836. The largest absolute Gasteiger partial charge is 0.390 e. The fourth-order valence-electron chi connectivity index (χ4n) is 7.13. The first-order valence-corrected chi connectivity index (χ1v) is 11.6. The van der Waals surface area contributed by atoms with Crippen LogP contribution in [0.3, 0.4) is 0 Å². The molecule has 4 bridgehead atoms. The highest BCUT2D eigenvalue weighted by atomic mass is 19.1. The molecule has 31 heavy (non-hydrogen) atoms. The maximum absolute atomic E-state index is 13.1. The van der Waals surface area contributed by atoms with E-state index in [0.29, 0.717) is 50.1 Å². The number of hydrogen-bond acceptors (Lipinski definition) is 4. The molecule has 168 valence electrons. The number of rotatable bonds is 5. The number of carbonyl (C=O) groups is 2. The fraction of sp³-hybridized carbons (Fsp3) is 0.667. The van der Waals surface area contributed by atoms with Gasteiger partial charge in [-0.2, -0.15) is 0 Å². The van der Waals surface area contributed by atoms with Crippen LogP contribution in [-0.4, -0.2) is 65.0 Å². The molecule has 0 aromatic heterocycles. The van der Waals surface area contributed by atoms with E-state index in [1.807, 2.05) is 4.90 Å². The molecule has 6 nitrogen and oxygen atoms in total. The minimum atomic E-state index is -0.527. The third kappa shape index (κ3) is 4.48. The molecule has 2 atom stereocenters. The van der Waals surface area contributed by atoms with Gasteiger partial charge in [-0.1, -0.05) is 0 Å². The molecule has 2 N–H and O–H groups in total. The van der Waals surface area contributed by atoms with Crippen molar-refractivity contribution in [2.75, 3.05) is 38.0 Å². The number of halogens is 1. The summed E-state index contributed by atoms with van der Waals surface area (Å²) in [6.07, 6.45) is 6.64. The lowest BCUT2D eigenvalue weighted by atomic mass is 9.47. The molecule has 7 heteroatoms. The third-order valence-corrected chi connectivity index (χ3v) is 7.90. The Hall–Kier alpha value is -1.99. The maximum atomic E-state index is 13.1. The van der Waals surface area contributed by atoms with E-state index >= 15 is 0 Å². The van der Waals surface area contributed by atoms with Gasteiger partial charge in [-0.15, -0.1) is 0 Å². The lowest BCUT2D eigenvalue weighted by molar-refractivity contribution is -0.172. The summed E-state index contributed by atoms with van der Waals surface area (Å²) in [4.78, 5) is 29.4. The second-order valence-electron chi connectivity index (χ2n) is 10.6. The van der Waals surface area contributed by atoms with E-state index in [1.165, 1.54) is 18.6 Å². The van der Waals surface area contributed by atoms with E-state index in [4.69, 9.17) is 0 Å². The van der Waals surface area contributed by atoms with Crippen molar-refractivity contribution in [1.29, 1.82) is 0 Å². The SMILES string of the molecule is O=C(CN1CCN(C(=O)CC23CC4CC(CC(O)(C4)C2)C3)CC1)Nc1ccc(F)cc1. The molecule has 1 aromatic carbocycles. The number of benzene rings is 1. The standard InChI is InChI=1S/C24H32FN3O3/c25-19-1-3-20(4-2-19)26-21(29)15-27-5-7-28(8-6-27)22(30)14-23-10-17-9-18(11-23)13-24(31,12-17)16-23/h1-4,17-18,31H,5-16H2,(H,26,29). The summed E-state index contributed by atoms with van der Waals surface area (Å²) in [6, 6.07) is 5.74. The molecule has 4 saturated carbocycles. The van der Waals surface area contributed by atoms with Crippen LogP contribution in [0.2, 0.25) is 0 Å². The topological polar surface area (TPSA) is 72.9 Å². The van der Waals surface area contributed by atoms with Crippen molar-refractivity contribution in [3.63, 3.8) is 0 Å². The van der Waals surface area contributed by atoms with E-state index < -0.39 is 5.60 Å². The molecule has 5 fully saturated rings. The molecule has 1 saturated heterocycles. The van der Waals surface area contributed by atoms with Gasteiger partial charge in [-0.05, 0) is 80.0 Å². The van der Waals surface area contributed by atoms with Crippen molar-refractivity contribution in [3.8, 4) is 0 Å². The lowest BCUT2D eigenvalue weighted by Gasteiger charge is -2.60. The van der Waals surface area contributed by atoms with Gasteiger partial charge in [0.1, 0.15) is 5.82 Å². The average molecular weight is 430 g/mol. The van der Waals surface area contributed by atoms with Gasteiger partial charge in [0.2, 0.25) is 11.8 Å². The van der Waals surface area contributed by atoms with Crippen LogP contribution in [0.15, 0.2) is 24.3 Å². The highest BCUT2D eigenvalue weighted by molar-refractivity contribution is 5.92. The normalized spacial score (nSPS) is 34.7. The van der Waals surface area contributed by atoms with Crippen LogP contribution in [0.4, 0.5) is 10.1 Å². The summed E-state index contributed by atoms with van der Waals surface area (Å²) in [5.74, 6) is 0.932. The van der Waals surface area contributed by atoms with E-state index in [0.717, 1.165) is 32.1 Å². The van der Waals surface area contributed by atoms with Crippen LogP contribution in [0.5, 0.6) is 0 Å². The van der Waals surface area contributed by atoms with Crippen molar-refractivity contribution < 1.29 is 19.1 Å². The highest BCUT2D eigenvalue weighted by Crippen LogP contribution is 2.62. The number of piperazine rings is 1. The van der Waals surface area contributed by atoms with Gasteiger partial charge in [-0.25, -0.2) is 4.39 Å². The quantitative estimate of drug-likeness (QED) is 0.755. The minimum Gasteiger partial charge on any atom is -0.390 e. The summed E-state index contributed by atoms with van der Waals surface area (Å²) in [6.45, 7) is 2.88. The summed E-state index contributed by atoms with van der Waals surface area (Å²) >= 11 is 0. The molecule has 6 rings (SSSR count). The number of amides is 2. The van der Waals surface area contributed by atoms with Crippen LogP contribution in [0.25, 0.3) is 0 Å². The second kappa shape index (κ2) is 7.85. The Morgan fingerprint density at radius 1 is 1.03 bits per heavy atom. The second-order valence-corrected chi connectivity index (χ2v) is 10.6. The number of nitrogens with zero attached hydrogens (tertiary/aromatic N) is 2. The van der Waals surface area contributed by atoms with Gasteiger partial charge < -0.3 is 15.3 Å². The Kier molecular flexibility index (Phi) is 5.29. The first-order valence-electron chi connectivity index (χ1n) is 11.6. The van der Waals surface area contributed by atoms with Crippen LogP contribution in [-0.2, 0) is 9.59 Å². The van der Waals surface area contributed by atoms with Crippen molar-refractivity contribution in [3.05, 3.63) is 30.1 Å². The molecule has 1 aliphatic heterocycles. The van der Waals surface area contributed by atoms with Crippen molar-refractivity contribution >= 4 is 17.5 Å². The molecule has 1 heterocycles. The predicted octanol–water partition coefficient (Wildman–Crippen LogP) is 2.63. The zero-order valence-corrected chi connectivity index (χ0v) is 18.0. The van der Waals surface area contributed by atoms with E-state index in [1.54, 1.807) is 12.1 Å². The maximum Gasteiger partial charge on any atom is 0.238 e. The van der Waals surface area contributed by atoms with Crippen molar-refractivity contribution in [1.82, 2.24) is 9.80 Å². The zero-order chi connectivity index (χ0) is 21.6. The minimum absolute atomic E-state index is 0.00208. The van der Waals surface area contributed by atoms with Crippen molar-refractivity contribution in [2.24, 2.45) is 17.3 Å². The van der Waals surface area contributed by atoms with Crippen LogP contribution < -0.4 is 5.32 Å². The first-order chi connectivity index (χ1) is 14.8. The van der Waals surface area contributed by atoms with Gasteiger partial charge in [0.15, 0.2) is 0 Å². The Morgan fingerprint density at radius 3 is 2.29 bits per heavy atom. The first kappa shape index (κ1) is 20.9. The van der Waals surface area contributed by atoms with E-state index in [9.17, 15) is 19.1 Å². The highest BCUT2D eigenvalue weighted by Gasteiger charge is 2.57. The van der Waals surface area contributed by atoms with Gasteiger partial charge in [0, 0.05) is 38.3 Å². The number of hydrogen-bond donors (Lipinski definition) is 2. The van der Waals surface area contributed by atoms with Gasteiger partial charge >= 0.3 is 0 Å². The smallest absolute Gasteiger partial charge is 0.238 e. The summed E-state index contributed by atoms with van der Waals surface area (Å²) < 4.78 is 13.0. The zero-order valence-electron chi connectivity index (χ0n) is 18.0. The Labute approximate surface area is 182 Å². The van der Waals surface area contributed by atoms with Crippen LogP contribution in [0.1, 0.15) is 44.9 Å². The molecule has 2 amide bonds. The predicted molar refractivity (Wildman–Crippen MR) is 115 cm³/mol. The molecule has 1 aromatic rings. The summed E-state index contributed by atoms with van der Waals surface area (Å²) in [7, 11) is 0. The number of anilines is 1. The number of nitrogens with one attached hydrogen (secondary N) is 1. The molecule has 2 unspecified atom stereocenters. The molecule has 5 aliphatic rings. The monoisotopic (exact) mass is 429 g/mol. The van der Waals surface area contributed by atoms with E-state index in [-0.39, 0.29) is 29.6 Å². The van der Waals surface area contributed by atoms with Crippen molar-refractivity contribution in [2.45, 2.75) is 50.5 Å².